The molecule has 1 aromatic rings. The van der Waals surface area contributed by atoms with E-state index in [1.165, 1.54) is 6.07 Å². The molecule has 0 bridgehead atoms. The highest BCUT2D eigenvalue weighted by molar-refractivity contribution is 7.89. The SMILES string of the molecule is CCCCCC(C)c1cc(S(N)(=O)=O)oc1C(N)=O. The summed E-state index contributed by atoms with van der Waals surface area (Å²) in [7, 11) is -3.97. The molecule has 0 saturated heterocycles. The minimum Gasteiger partial charge on any atom is -0.438 e. The number of amides is 1. The molecule has 1 unspecified atom stereocenters. The lowest BCUT2D eigenvalue weighted by Gasteiger charge is -2.09. The van der Waals surface area contributed by atoms with Gasteiger partial charge in [0.1, 0.15) is 0 Å². The summed E-state index contributed by atoms with van der Waals surface area (Å²) in [4.78, 5) is 11.3. The van der Waals surface area contributed by atoms with Gasteiger partial charge in [-0.1, -0.05) is 33.1 Å². The van der Waals surface area contributed by atoms with Crippen molar-refractivity contribution in [2.24, 2.45) is 10.9 Å². The molecular formula is C12H20N2O4S. The number of rotatable bonds is 7. The Kier molecular flexibility index (Phi) is 5.13. The molecule has 0 aliphatic rings. The Bertz CT molecular complexity index is 548. The van der Waals surface area contributed by atoms with Crippen LogP contribution in [0.25, 0.3) is 0 Å². The van der Waals surface area contributed by atoms with Crippen LogP contribution in [0.3, 0.4) is 0 Å². The first-order chi connectivity index (χ1) is 8.77. The molecule has 7 heteroatoms. The van der Waals surface area contributed by atoms with Gasteiger partial charge in [-0.25, -0.2) is 13.6 Å². The Hall–Kier alpha value is -1.34. The zero-order valence-corrected chi connectivity index (χ0v) is 12.0. The lowest BCUT2D eigenvalue weighted by Crippen LogP contribution is -2.13. The van der Waals surface area contributed by atoms with Gasteiger partial charge in [0.25, 0.3) is 15.9 Å². The van der Waals surface area contributed by atoms with Crippen LogP contribution in [-0.4, -0.2) is 14.3 Å². The average Bonchev–Trinajstić information content (AvgIpc) is 2.73. The largest absolute Gasteiger partial charge is 0.438 e. The number of nitrogens with two attached hydrogens (primary N) is 2. The smallest absolute Gasteiger partial charge is 0.284 e. The van der Waals surface area contributed by atoms with E-state index in [9.17, 15) is 13.2 Å². The standard InChI is InChI=1S/C12H20N2O4S/c1-3-4-5-6-8(2)9-7-10(19(14,16)17)18-11(9)12(13)15/h7-8H,3-6H2,1-2H3,(H2,13,15)(H2,14,16,17). The molecule has 0 saturated carbocycles. The van der Waals surface area contributed by atoms with E-state index in [2.05, 4.69) is 6.92 Å². The maximum absolute atomic E-state index is 11.3. The first-order valence-corrected chi connectivity index (χ1v) is 7.78. The monoisotopic (exact) mass is 288 g/mol. The Balaban J connectivity index is 3.04. The van der Waals surface area contributed by atoms with Crippen LogP contribution >= 0.6 is 0 Å². The predicted octanol–water partition coefficient (Wildman–Crippen LogP) is 1.71. The van der Waals surface area contributed by atoms with Crippen molar-refractivity contribution in [3.8, 4) is 0 Å². The third-order valence-corrected chi connectivity index (χ3v) is 3.78. The van der Waals surface area contributed by atoms with Gasteiger partial charge >= 0.3 is 0 Å². The van der Waals surface area contributed by atoms with Gasteiger partial charge < -0.3 is 10.2 Å². The van der Waals surface area contributed by atoms with Crippen molar-refractivity contribution in [1.82, 2.24) is 0 Å². The number of carbonyl (C=O) groups excluding carboxylic acids is 1. The van der Waals surface area contributed by atoms with Crippen LogP contribution in [0.15, 0.2) is 15.6 Å². The minimum atomic E-state index is -3.97. The molecule has 1 amide bonds. The average molecular weight is 288 g/mol. The Morgan fingerprint density at radius 1 is 1.42 bits per heavy atom. The molecule has 0 aliphatic heterocycles. The van der Waals surface area contributed by atoms with Gasteiger partial charge in [-0.05, 0) is 12.3 Å². The number of carbonyl (C=O) groups is 1. The van der Waals surface area contributed by atoms with Gasteiger partial charge in [-0.15, -0.1) is 0 Å². The van der Waals surface area contributed by atoms with Crippen LogP contribution in [0.4, 0.5) is 0 Å². The fourth-order valence-electron chi connectivity index (χ4n) is 1.94. The summed E-state index contributed by atoms with van der Waals surface area (Å²) in [5.41, 5.74) is 5.70. The molecule has 19 heavy (non-hydrogen) atoms. The summed E-state index contributed by atoms with van der Waals surface area (Å²) in [6.45, 7) is 4.00. The van der Waals surface area contributed by atoms with Crippen LogP contribution in [-0.2, 0) is 10.0 Å². The van der Waals surface area contributed by atoms with Crippen molar-refractivity contribution in [1.29, 1.82) is 0 Å². The quantitative estimate of drug-likeness (QED) is 0.743. The van der Waals surface area contributed by atoms with Gasteiger partial charge in [0, 0.05) is 11.6 Å². The summed E-state index contributed by atoms with van der Waals surface area (Å²) in [5.74, 6) is -0.909. The van der Waals surface area contributed by atoms with Crippen LogP contribution in [0.2, 0.25) is 0 Å². The molecule has 108 valence electrons. The Morgan fingerprint density at radius 3 is 2.53 bits per heavy atom. The Morgan fingerprint density at radius 2 is 2.05 bits per heavy atom. The van der Waals surface area contributed by atoms with Gasteiger partial charge in [-0.3, -0.25) is 4.79 Å². The van der Waals surface area contributed by atoms with Crippen molar-refractivity contribution < 1.29 is 17.6 Å². The molecular weight excluding hydrogens is 268 g/mol. The van der Waals surface area contributed by atoms with Crippen LogP contribution in [0.5, 0.6) is 0 Å². The van der Waals surface area contributed by atoms with Crippen molar-refractivity contribution in [3.63, 3.8) is 0 Å². The number of unbranched alkanes of at least 4 members (excludes halogenated alkanes) is 2. The molecule has 0 aromatic carbocycles. The van der Waals surface area contributed by atoms with Gasteiger partial charge in [0.05, 0.1) is 0 Å². The van der Waals surface area contributed by atoms with E-state index in [1.807, 2.05) is 6.92 Å². The molecule has 0 radical (unpaired) electrons. The third-order valence-electron chi connectivity index (χ3n) is 3.01. The van der Waals surface area contributed by atoms with Gasteiger partial charge in [-0.2, -0.15) is 0 Å². The second kappa shape index (κ2) is 6.21. The summed E-state index contributed by atoms with van der Waals surface area (Å²) in [6, 6.07) is 1.30. The van der Waals surface area contributed by atoms with Crippen molar-refractivity contribution in [3.05, 3.63) is 17.4 Å². The zero-order valence-electron chi connectivity index (χ0n) is 11.2. The number of sulfonamides is 1. The highest BCUT2D eigenvalue weighted by atomic mass is 32.2. The van der Waals surface area contributed by atoms with Gasteiger partial charge in [0.15, 0.2) is 5.76 Å². The highest BCUT2D eigenvalue weighted by Gasteiger charge is 2.24. The predicted molar refractivity (Wildman–Crippen MR) is 71.2 cm³/mol. The van der Waals surface area contributed by atoms with Crippen molar-refractivity contribution >= 4 is 15.9 Å². The molecule has 6 nitrogen and oxygen atoms in total. The van der Waals surface area contributed by atoms with Crippen molar-refractivity contribution in [2.75, 3.05) is 0 Å². The lowest BCUT2D eigenvalue weighted by atomic mass is 9.95. The molecule has 1 heterocycles. The molecule has 1 aromatic heterocycles. The summed E-state index contributed by atoms with van der Waals surface area (Å²) in [5, 5.41) is 4.57. The topological polar surface area (TPSA) is 116 Å². The fraction of sp³-hybridized carbons (Fsp3) is 0.583. The summed E-state index contributed by atoms with van der Waals surface area (Å²) in [6.07, 6.45) is 3.99. The number of hydrogen-bond donors (Lipinski definition) is 2. The van der Waals surface area contributed by atoms with E-state index in [0.717, 1.165) is 25.7 Å². The highest BCUT2D eigenvalue weighted by Crippen LogP contribution is 2.29. The number of primary amides is 1. The summed E-state index contributed by atoms with van der Waals surface area (Å²) >= 11 is 0. The molecule has 0 spiro atoms. The van der Waals surface area contributed by atoms with E-state index >= 15 is 0 Å². The number of primary sulfonamides is 1. The van der Waals surface area contributed by atoms with E-state index in [0.29, 0.717) is 5.56 Å². The van der Waals surface area contributed by atoms with E-state index in [1.54, 1.807) is 0 Å². The summed E-state index contributed by atoms with van der Waals surface area (Å²) < 4.78 is 27.5. The molecule has 1 atom stereocenters. The van der Waals surface area contributed by atoms with E-state index in [-0.39, 0.29) is 11.7 Å². The lowest BCUT2D eigenvalue weighted by molar-refractivity contribution is 0.0967. The third kappa shape index (κ3) is 4.07. The van der Waals surface area contributed by atoms with Crippen LogP contribution < -0.4 is 10.9 Å². The van der Waals surface area contributed by atoms with Gasteiger partial charge in [0.2, 0.25) is 5.09 Å². The molecule has 1 rings (SSSR count). The second-order valence-corrected chi connectivity index (χ2v) is 6.15. The second-order valence-electron chi connectivity index (χ2n) is 4.66. The molecule has 0 fully saturated rings. The molecule has 4 N–H and O–H groups in total. The number of hydrogen-bond acceptors (Lipinski definition) is 4. The zero-order chi connectivity index (χ0) is 14.6. The van der Waals surface area contributed by atoms with Crippen LogP contribution in [0.1, 0.15) is 61.6 Å². The first kappa shape index (κ1) is 15.7. The first-order valence-electron chi connectivity index (χ1n) is 6.23. The van der Waals surface area contributed by atoms with Crippen molar-refractivity contribution in [2.45, 2.75) is 50.5 Å². The maximum Gasteiger partial charge on any atom is 0.284 e. The number of furan rings is 1. The van der Waals surface area contributed by atoms with E-state index in [4.69, 9.17) is 15.3 Å². The van der Waals surface area contributed by atoms with Crippen LogP contribution in [0, 0.1) is 0 Å². The normalized spacial score (nSPS) is 13.4. The fourth-order valence-corrected chi connectivity index (χ4v) is 2.43. The minimum absolute atomic E-state index is 0.00620. The maximum atomic E-state index is 11.3. The van der Waals surface area contributed by atoms with E-state index < -0.39 is 21.0 Å². The molecule has 0 aliphatic carbocycles. The Labute approximate surface area is 113 Å².